The molecule has 4 heterocycles. The van der Waals surface area contributed by atoms with Crippen molar-refractivity contribution in [2.24, 2.45) is 14.1 Å². The quantitative estimate of drug-likeness (QED) is 0.427. The fourth-order valence-electron chi connectivity index (χ4n) is 3.75. The number of ether oxygens (including phenoxy) is 2. The molecule has 0 saturated carbocycles. The topological polar surface area (TPSA) is 102 Å². The average molecular weight is 435 g/mol. The molecule has 10 nitrogen and oxygen atoms in total. The number of pyridine rings is 2. The highest BCUT2D eigenvalue weighted by Gasteiger charge is 2.22. The van der Waals surface area contributed by atoms with E-state index >= 15 is 0 Å². The third-order valence-corrected chi connectivity index (χ3v) is 5.33. The van der Waals surface area contributed by atoms with E-state index in [0.29, 0.717) is 38.9 Å². The van der Waals surface area contributed by atoms with Gasteiger partial charge in [0.2, 0.25) is 0 Å². The smallest absolute Gasteiger partial charge is 0.334 e. The molecule has 0 unspecified atom stereocenters. The number of benzene rings is 1. The minimum absolute atomic E-state index is 0.134. The average Bonchev–Trinajstić information content (AvgIpc) is 3.34. The lowest BCUT2D eigenvalue weighted by Crippen LogP contribution is -2.22. The van der Waals surface area contributed by atoms with Gasteiger partial charge in [0.25, 0.3) is 0 Å². The Balaban J connectivity index is 1.91. The van der Waals surface area contributed by atoms with Crippen molar-refractivity contribution in [3.63, 3.8) is 0 Å². The normalized spacial score (nSPS) is 11.4. The van der Waals surface area contributed by atoms with Crippen LogP contribution in [0, 0.1) is 5.82 Å². The van der Waals surface area contributed by atoms with E-state index in [1.54, 1.807) is 44.3 Å². The maximum atomic E-state index is 14.9. The highest BCUT2D eigenvalue weighted by Crippen LogP contribution is 2.35. The molecule has 0 saturated heterocycles. The first-order chi connectivity index (χ1) is 15.4. The van der Waals surface area contributed by atoms with Gasteiger partial charge in [-0.1, -0.05) is 5.21 Å². The molecule has 1 aromatic carbocycles. The van der Waals surface area contributed by atoms with Crippen LogP contribution in [0.5, 0.6) is 11.5 Å². The van der Waals surface area contributed by atoms with Gasteiger partial charge in [-0.25, -0.2) is 18.7 Å². The van der Waals surface area contributed by atoms with E-state index in [1.807, 2.05) is 6.07 Å². The predicted molar refractivity (Wildman–Crippen MR) is 115 cm³/mol. The zero-order chi connectivity index (χ0) is 22.6. The maximum Gasteiger partial charge on any atom is 0.334 e. The molecule has 4 aromatic heterocycles. The number of fused-ring (bicyclic) bond motifs is 3. The number of rotatable bonds is 4. The van der Waals surface area contributed by atoms with Crippen LogP contribution in [0.3, 0.4) is 0 Å². The summed E-state index contributed by atoms with van der Waals surface area (Å²) in [7, 11) is 6.33. The van der Waals surface area contributed by atoms with Crippen molar-refractivity contribution in [3.8, 4) is 28.6 Å². The van der Waals surface area contributed by atoms with Crippen LogP contribution in [0.2, 0.25) is 0 Å². The van der Waals surface area contributed by atoms with Crippen LogP contribution in [0.1, 0.15) is 0 Å². The molecular weight excluding hydrogens is 417 g/mol. The monoisotopic (exact) mass is 435 g/mol. The van der Waals surface area contributed by atoms with Gasteiger partial charge >= 0.3 is 5.69 Å². The van der Waals surface area contributed by atoms with Crippen molar-refractivity contribution in [1.82, 2.24) is 34.1 Å². The first-order valence-corrected chi connectivity index (χ1v) is 9.57. The molecule has 5 aromatic rings. The zero-order valence-electron chi connectivity index (χ0n) is 17.7. The van der Waals surface area contributed by atoms with Gasteiger partial charge in [-0.05, 0) is 6.07 Å². The molecule has 0 spiro atoms. The summed E-state index contributed by atoms with van der Waals surface area (Å²) in [5.41, 5.74) is 2.34. The molecule has 0 aliphatic carbocycles. The molecule has 5 rings (SSSR count). The number of halogens is 1. The lowest BCUT2D eigenvalue weighted by Gasteiger charge is -2.11. The number of methoxy groups -OCH3 is 2. The number of nitrogens with zero attached hydrogens (tertiary/aromatic N) is 7. The Labute approximate surface area is 180 Å². The Hall–Kier alpha value is -4.28. The van der Waals surface area contributed by atoms with Crippen LogP contribution in [0.25, 0.3) is 39.0 Å². The molecule has 11 heteroatoms. The minimum Gasteiger partial charge on any atom is -0.496 e. The van der Waals surface area contributed by atoms with Crippen LogP contribution in [-0.4, -0.2) is 48.3 Å². The van der Waals surface area contributed by atoms with Crippen LogP contribution in [0.15, 0.2) is 41.6 Å². The summed E-state index contributed by atoms with van der Waals surface area (Å²) in [5.74, 6) is -0.0264. The third-order valence-electron chi connectivity index (χ3n) is 5.33. The number of hydrogen-bond donors (Lipinski definition) is 0. The van der Waals surface area contributed by atoms with Gasteiger partial charge in [-0.2, -0.15) is 0 Å². The van der Waals surface area contributed by atoms with Crippen molar-refractivity contribution >= 4 is 21.9 Å². The highest BCUT2D eigenvalue weighted by molar-refractivity contribution is 6.05. The molecule has 0 fully saturated rings. The van der Waals surface area contributed by atoms with Gasteiger partial charge in [-0.3, -0.25) is 14.2 Å². The molecule has 0 aliphatic rings. The van der Waals surface area contributed by atoms with E-state index < -0.39 is 11.5 Å². The molecule has 0 aliphatic heterocycles. The van der Waals surface area contributed by atoms with Crippen molar-refractivity contribution in [1.29, 1.82) is 0 Å². The number of hydrogen-bond acceptors (Lipinski definition) is 7. The van der Waals surface area contributed by atoms with E-state index in [-0.39, 0.29) is 11.6 Å². The molecule has 0 N–H and O–H groups in total. The lowest BCUT2D eigenvalue weighted by molar-refractivity contribution is 0.408. The van der Waals surface area contributed by atoms with E-state index in [2.05, 4.69) is 20.3 Å². The van der Waals surface area contributed by atoms with Crippen molar-refractivity contribution in [2.45, 2.75) is 0 Å². The summed E-state index contributed by atoms with van der Waals surface area (Å²) in [6, 6.07) is 4.74. The second-order valence-electron chi connectivity index (χ2n) is 7.20. The summed E-state index contributed by atoms with van der Waals surface area (Å²) in [5, 5.41) is 8.77. The molecule has 0 radical (unpaired) electrons. The fraction of sp³-hybridized carbons (Fsp3) is 0.190. The predicted octanol–water partition coefficient (Wildman–Crippen LogP) is 2.22. The van der Waals surface area contributed by atoms with Gasteiger partial charge in [0.05, 0.1) is 49.4 Å². The van der Waals surface area contributed by atoms with E-state index in [0.717, 1.165) is 0 Å². The number of aryl methyl sites for hydroxylation is 2. The van der Waals surface area contributed by atoms with Crippen LogP contribution in [-0.2, 0) is 14.1 Å². The number of aromatic nitrogens is 7. The van der Waals surface area contributed by atoms with Gasteiger partial charge in [0, 0.05) is 37.2 Å². The highest BCUT2D eigenvalue weighted by atomic mass is 19.1. The third kappa shape index (κ3) is 2.82. The van der Waals surface area contributed by atoms with Crippen molar-refractivity contribution < 1.29 is 13.9 Å². The van der Waals surface area contributed by atoms with Crippen molar-refractivity contribution in [3.05, 3.63) is 53.1 Å². The summed E-state index contributed by atoms with van der Waals surface area (Å²) >= 11 is 0. The van der Waals surface area contributed by atoms with E-state index in [4.69, 9.17) is 9.47 Å². The number of imidazole rings is 1. The first kappa shape index (κ1) is 19.7. The Morgan fingerprint density at radius 3 is 2.50 bits per heavy atom. The second-order valence-corrected chi connectivity index (χ2v) is 7.20. The van der Waals surface area contributed by atoms with Gasteiger partial charge in [0.15, 0.2) is 11.6 Å². The van der Waals surface area contributed by atoms with Gasteiger partial charge in [0.1, 0.15) is 17.2 Å². The van der Waals surface area contributed by atoms with Crippen LogP contribution in [0.4, 0.5) is 4.39 Å². The zero-order valence-corrected chi connectivity index (χ0v) is 17.7. The Morgan fingerprint density at radius 1 is 1.03 bits per heavy atom. The molecule has 162 valence electrons. The second kappa shape index (κ2) is 7.15. The summed E-state index contributed by atoms with van der Waals surface area (Å²) in [6.45, 7) is 0. The Morgan fingerprint density at radius 2 is 1.84 bits per heavy atom. The Kier molecular flexibility index (Phi) is 4.40. The summed E-state index contributed by atoms with van der Waals surface area (Å²) in [6.07, 6.45) is 4.68. The SMILES string of the molecule is COc1cnc(-n2c(=O)n(C)c3cnc4cc(OC)c(-c5cn(C)nn5)cc4c32)c(F)c1. The minimum atomic E-state index is -0.688. The maximum absolute atomic E-state index is 14.9. The Bertz CT molecular complexity index is 1570. The summed E-state index contributed by atoms with van der Waals surface area (Å²) in [4.78, 5) is 21.8. The van der Waals surface area contributed by atoms with E-state index in [9.17, 15) is 9.18 Å². The largest absolute Gasteiger partial charge is 0.496 e. The molecule has 0 bridgehead atoms. The fourth-order valence-corrected chi connectivity index (χ4v) is 3.75. The van der Waals surface area contributed by atoms with Crippen molar-refractivity contribution in [2.75, 3.05) is 14.2 Å². The standard InChI is InChI=1S/C21H18FN7O3/c1-27-10-16(25-26-27)12-6-13-15(7-18(12)32-4)23-9-17-19(13)29(21(30)28(17)2)20-14(22)5-11(31-3)8-24-20/h5-10H,1-4H3. The molecule has 0 amide bonds. The van der Waals surface area contributed by atoms with Gasteiger partial charge < -0.3 is 9.47 Å². The molecular formula is C21H18FN7O3. The molecule has 0 atom stereocenters. The lowest BCUT2D eigenvalue weighted by atomic mass is 10.1. The van der Waals surface area contributed by atoms with Crippen LogP contribution >= 0.6 is 0 Å². The van der Waals surface area contributed by atoms with E-state index in [1.165, 1.54) is 28.5 Å². The molecule has 32 heavy (non-hydrogen) atoms. The summed E-state index contributed by atoms with van der Waals surface area (Å²) < 4.78 is 29.7. The first-order valence-electron chi connectivity index (χ1n) is 9.57. The van der Waals surface area contributed by atoms with Crippen LogP contribution < -0.4 is 15.2 Å². The van der Waals surface area contributed by atoms with Gasteiger partial charge in [-0.15, -0.1) is 5.10 Å².